The van der Waals surface area contributed by atoms with Crippen molar-refractivity contribution in [2.75, 3.05) is 0 Å². The molecule has 0 unspecified atom stereocenters. The van der Waals surface area contributed by atoms with Crippen LogP contribution in [0.2, 0.25) is 0 Å². The predicted octanol–water partition coefficient (Wildman–Crippen LogP) is 1.99. The molecule has 1 fully saturated rings. The molecule has 1 aliphatic carbocycles. The average molecular weight is 244 g/mol. The second-order valence-corrected chi connectivity index (χ2v) is 5.35. The molecule has 1 heterocycles. The summed E-state index contributed by atoms with van der Waals surface area (Å²) in [6.45, 7) is 3.83. The van der Waals surface area contributed by atoms with Gasteiger partial charge in [-0.05, 0) is 31.5 Å². The predicted molar refractivity (Wildman–Crippen MR) is 67.3 cm³/mol. The van der Waals surface area contributed by atoms with E-state index in [4.69, 9.17) is 15.9 Å². The van der Waals surface area contributed by atoms with E-state index < -0.39 is 5.79 Å². The van der Waals surface area contributed by atoms with Crippen LogP contribution in [0, 0.1) is 12.3 Å². The molecule has 0 amide bonds. The van der Waals surface area contributed by atoms with Gasteiger partial charge in [-0.25, -0.2) is 0 Å². The highest BCUT2D eigenvalue weighted by Crippen LogP contribution is 2.39. The Morgan fingerprint density at radius 2 is 1.83 bits per heavy atom. The molecule has 2 aliphatic rings. The first kappa shape index (κ1) is 11.6. The smallest absolute Gasteiger partial charge is 0.163 e. The molecule has 0 spiro atoms. The van der Waals surface area contributed by atoms with Gasteiger partial charge >= 0.3 is 0 Å². The first-order chi connectivity index (χ1) is 8.50. The normalized spacial score (nSPS) is 28.3. The van der Waals surface area contributed by atoms with Gasteiger partial charge in [0.25, 0.3) is 0 Å². The molecule has 18 heavy (non-hydrogen) atoms. The van der Waals surface area contributed by atoms with Crippen molar-refractivity contribution in [1.82, 2.24) is 0 Å². The minimum atomic E-state index is -0.552. The Labute approximate surface area is 107 Å². The van der Waals surface area contributed by atoms with Crippen LogP contribution < -0.4 is 0 Å². The molecule has 2 atom stereocenters. The van der Waals surface area contributed by atoms with Gasteiger partial charge < -0.3 is 14.6 Å². The number of fused-ring (bicyclic) bond motifs is 2. The molecule has 94 valence electrons. The lowest BCUT2D eigenvalue weighted by atomic mass is 9.84. The SMILES string of the molecule is C#Cc1ccc(O)c2c1C[C@@H]1OC(C)(C)O[C@@H]1C2. The maximum Gasteiger partial charge on any atom is 0.163 e. The third-order valence-corrected chi connectivity index (χ3v) is 3.66. The van der Waals surface area contributed by atoms with Gasteiger partial charge in [0.1, 0.15) is 5.75 Å². The molecule has 1 N–H and O–H groups in total. The number of ether oxygens (including phenoxy) is 2. The standard InChI is InChI=1S/C15H16O3/c1-4-9-5-6-12(16)11-8-14-13(7-10(9)11)17-15(2,3)18-14/h1,5-6,13-14,16H,7-8H2,2-3H3/t13-,14+/m0/s1. The highest BCUT2D eigenvalue weighted by atomic mass is 16.7. The van der Waals surface area contributed by atoms with Gasteiger partial charge in [0, 0.05) is 24.0 Å². The minimum absolute atomic E-state index is 0.00595. The summed E-state index contributed by atoms with van der Waals surface area (Å²) in [7, 11) is 0. The zero-order valence-corrected chi connectivity index (χ0v) is 10.6. The lowest BCUT2D eigenvalue weighted by Gasteiger charge is -2.26. The summed E-state index contributed by atoms with van der Waals surface area (Å²) in [5.74, 6) is 2.42. The molecule has 3 heteroatoms. The quantitative estimate of drug-likeness (QED) is 0.709. The number of phenolic OH excluding ortho intramolecular Hbond substituents is 1. The van der Waals surface area contributed by atoms with Crippen LogP contribution in [0.5, 0.6) is 5.75 Å². The summed E-state index contributed by atoms with van der Waals surface area (Å²) in [5, 5.41) is 9.96. The van der Waals surface area contributed by atoms with Crippen LogP contribution in [-0.4, -0.2) is 23.1 Å². The van der Waals surface area contributed by atoms with E-state index in [2.05, 4.69) is 5.92 Å². The van der Waals surface area contributed by atoms with E-state index in [9.17, 15) is 5.11 Å². The molecule has 0 radical (unpaired) electrons. The lowest BCUT2D eigenvalue weighted by Crippen LogP contribution is -2.32. The van der Waals surface area contributed by atoms with Gasteiger partial charge in [0.05, 0.1) is 12.2 Å². The summed E-state index contributed by atoms with van der Waals surface area (Å²) in [4.78, 5) is 0. The molecular weight excluding hydrogens is 228 g/mol. The fourth-order valence-corrected chi connectivity index (χ4v) is 2.93. The van der Waals surface area contributed by atoms with E-state index in [1.807, 2.05) is 13.8 Å². The fraction of sp³-hybridized carbons (Fsp3) is 0.467. The molecule has 1 saturated heterocycles. The van der Waals surface area contributed by atoms with Gasteiger partial charge in [-0.2, -0.15) is 0 Å². The third-order valence-electron chi connectivity index (χ3n) is 3.66. The molecule has 3 rings (SSSR count). The average Bonchev–Trinajstić information content (AvgIpc) is 2.60. The molecule has 1 aliphatic heterocycles. The zero-order chi connectivity index (χ0) is 12.9. The Kier molecular flexibility index (Phi) is 2.41. The van der Waals surface area contributed by atoms with Crippen molar-refractivity contribution < 1.29 is 14.6 Å². The first-order valence-corrected chi connectivity index (χ1v) is 6.16. The fourth-order valence-electron chi connectivity index (χ4n) is 2.93. The molecule has 0 bridgehead atoms. The van der Waals surface area contributed by atoms with Gasteiger partial charge in [-0.1, -0.05) is 5.92 Å². The van der Waals surface area contributed by atoms with Crippen molar-refractivity contribution >= 4 is 0 Å². The number of benzene rings is 1. The topological polar surface area (TPSA) is 38.7 Å². The zero-order valence-electron chi connectivity index (χ0n) is 10.6. The van der Waals surface area contributed by atoms with Crippen molar-refractivity contribution in [3.8, 4) is 18.1 Å². The molecule has 0 saturated carbocycles. The maximum absolute atomic E-state index is 9.96. The monoisotopic (exact) mass is 244 g/mol. The number of hydrogen-bond acceptors (Lipinski definition) is 3. The van der Waals surface area contributed by atoms with Gasteiger partial charge in [0.15, 0.2) is 5.79 Å². The lowest BCUT2D eigenvalue weighted by molar-refractivity contribution is -0.145. The Balaban J connectivity index is 2.03. The van der Waals surface area contributed by atoms with Crippen LogP contribution in [0.25, 0.3) is 0 Å². The summed E-state index contributed by atoms with van der Waals surface area (Å²) in [6, 6.07) is 3.45. The van der Waals surface area contributed by atoms with Crippen LogP contribution in [0.4, 0.5) is 0 Å². The van der Waals surface area contributed by atoms with Crippen molar-refractivity contribution in [3.63, 3.8) is 0 Å². The van der Waals surface area contributed by atoms with Crippen LogP contribution in [0.15, 0.2) is 12.1 Å². The number of rotatable bonds is 0. The molecule has 1 aromatic rings. The van der Waals surface area contributed by atoms with Crippen molar-refractivity contribution in [3.05, 3.63) is 28.8 Å². The summed E-state index contributed by atoms with van der Waals surface area (Å²) in [6.07, 6.45) is 6.91. The van der Waals surface area contributed by atoms with Crippen LogP contribution in [0.3, 0.4) is 0 Å². The number of phenols is 1. The van der Waals surface area contributed by atoms with Crippen LogP contribution in [0.1, 0.15) is 30.5 Å². The minimum Gasteiger partial charge on any atom is -0.508 e. The summed E-state index contributed by atoms with van der Waals surface area (Å²) in [5.41, 5.74) is 2.78. The Bertz CT molecular complexity index is 539. The number of terminal acetylenes is 1. The first-order valence-electron chi connectivity index (χ1n) is 6.16. The maximum atomic E-state index is 9.96. The van der Waals surface area contributed by atoms with Crippen molar-refractivity contribution in [1.29, 1.82) is 0 Å². The van der Waals surface area contributed by atoms with E-state index in [0.29, 0.717) is 18.6 Å². The highest BCUT2D eigenvalue weighted by molar-refractivity contribution is 5.52. The Morgan fingerprint density at radius 3 is 2.44 bits per heavy atom. The van der Waals surface area contributed by atoms with E-state index in [-0.39, 0.29) is 12.2 Å². The third kappa shape index (κ3) is 1.69. The molecule has 0 aromatic heterocycles. The van der Waals surface area contributed by atoms with Gasteiger partial charge in [0.2, 0.25) is 0 Å². The van der Waals surface area contributed by atoms with Crippen LogP contribution in [-0.2, 0) is 22.3 Å². The summed E-state index contributed by atoms with van der Waals surface area (Å²) >= 11 is 0. The highest BCUT2D eigenvalue weighted by Gasteiger charge is 2.44. The molecular formula is C15H16O3. The van der Waals surface area contributed by atoms with Gasteiger partial charge in [-0.3, -0.25) is 0 Å². The van der Waals surface area contributed by atoms with Crippen molar-refractivity contribution in [2.24, 2.45) is 0 Å². The van der Waals surface area contributed by atoms with E-state index in [1.54, 1.807) is 12.1 Å². The van der Waals surface area contributed by atoms with Gasteiger partial charge in [-0.15, -0.1) is 6.42 Å². The Morgan fingerprint density at radius 1 is 1.22 bits per heavy atom. The largest absolute Gasteiger partial charge is 0.508 e. The van der Waals surface area contributed by atoms with Crippen LogP contribution >= 0.6 is 0 Å². The second kappa shape index (κ2) is 3.74. The van der Waals surface area contributed by atoms with E-state index in [1.165, 1.54) is 0 Å². The summed E-state index contributed by atoms with van der Waals surface area (Å²) < 4.78 is 11.7. The number of hydrogen-bond donors (Lipinski definition) is 1. The van der Waals surface area contributed by atoms with Crippen molar-refractivity contribution in [2.45, 2.75) is 44.7 Å². The molecule has 1 aromatic carbocycles. The van der Waals surface area contributed by atoms with E-state index in [0.717, 1.165) is 16.7 Å². The molecule has 3 nitrogen and oxygen atoms in total. The number of aromatic hydroxyl groups is 1. The second-order valence-electron chi connectivity index (χ2n) is 5.35. The Hall–Kier alpha value is -1.50. The van der Waals surface area contributed by atoms with E-state index >= 15 is 0 Å².